The van der Waals surface area contributed by atoms with Gasteiger partial charge in [-0.05, 0) is 17.5 Å². The van der Waals surface area contributed by atoms with Gasteiger partial charge in [0, 0.05) is 63.3 Å². The third-order valence-corrected chi connectivity index (χ3v) is 4.75. The zero-order chi connectivity index (χ0) is 17.1. The molecule has 0 unspecified atom stereocenters. The lowest BCUT2D eigenvalue weighted by atomic mass is 10.2. The van der Waals surface area contributed by atoms with E-state index in [1.165, 1.54) is 10.9 Å². The van der Waals surface area contributed by atoms with E-state index < -0.39 is 0 Å². The summed E-state index contributed by atoms with van der Waals surface area (Å²) in [7, 11) is 0. The van der Waals surface area contributed by atoms with Gasteiger partial charge in [-0.1, -0.05) is 18.2 Å². The fraction of sp³-hybridized carbons (Fsp3) is 0.316. The number of carbonyl (C=O) groups is 1. The average Bonchev–Trinajstić information content (AvgIpc) is 3.10. The van der Waals surface area contributed by atoms with Crippen LogP contribution in [0.2, 0.25) is 0 Å². The number of aryl methyl sites for hydroxylation is 1. The van der Waals surface area contributed by atoms with Crippen LogP contribution < -0.4 is 4.90 Å². The molecule has 0 bridgehead atoms. The molecule has 4 rings (SSSR count). The van der Waals surface area contributed by atoms with Gasteiger partial charge in [0.05, 0.1) is 6.20 Å². The minimum atomic E-state index is 0.219. The summed E-state index contributed by atoms with van der Waals surface area (Å²) >= 11 is 0. The molecule has 1 aliphatic rings. The predicted octanol–water partition coefficient (Wildman–Crippen LogP) is 2.17. The summed E-state index contributed by atoms with van der Waals surface area (Å²) in [5, 5.41) is 1.22. The van der Waals surface area contributed by atoms with Crippen LogP contribution in [-0.4, -0.2) is 51.5 Å². The molecule has 0 saturated carbocycles. The third-order valence-electron chi connectivity index (χ3n) is 4.75. The van der Waals surface area contributed by atoms with Crippen molar-refractivity contribution in [2.45, 2.75) is 13.0 Å². The van der Waals surface area contributed by atoms with Crippen LogP contribution in [0, 0.1) is 0 Å². The fourth-order valence-corrected chi connectivity index (χ4v) is 3.35. The molecule has 128 valence electrons. The van der Waals surface area contributed by atoms with Crippen LogP contribution in [0.15, 0.2) is 55.1 Å². The molecule has 6 nitrogen and oxygen atoms in total. The molecule has 0 N–H and O–H groups in total. The van der Waals surface area contributed by atoms with E-state index in [1.807, 2.05) is 17.0 Å². The summed E-state index contributed by atoms with van der Waals surface area (Å²) in [6.07, 6.45) is 7.74. The first-order valence-corrected chi connectivity index (χ1v) is 8.64. The second-order valence-electron chi connectivity index (χ2n) is 6.25. The van der Waals surface area contributed by atoms with E-state index in [4.69, 9.17) is 0 Å². The van der Waals surface area contributed by atoms with Gasteiger partial charge in [-0.2, -0.15) is 0 Å². The van der Waals surface area contributed by atoms with Gasteiger partial charge in [-0.25, -0.2) is 4.98 Å². The van der Waals surface area contributed by atoms with Crippen LogP contribution in [-0.2, 0) is 11.3 Å². The number of amides is 1. The number of carbonyl (C=O) groups excluding carboxylic acids is 1. The largest absolute Gasteiger partial charge is 0.352 e. The van der Waals surface area contributed by atoms with E-state index in [1.54, 1.807) is 18.6 Å². The van der Waals surface area contributed by atoms with Gasteiger partial charge >= 0.3 is 0 Å². The van der Waals surface area contributed by atoms with Crippen LogP contribution >= 0.6 is 0 Å². The number of piperazine rings is 1. The zero-order valence-corrected chi connectivity index (χ0v) is 14.1. The Hall–Kier alpha value is -2.89. The lowest BCUT2D eigenvalue weighted by molar-refractivity contribution is -0.131. The maximum Gasteiger partial charge on any atom is 0.224 e. The van der Waals surface area contributed by atoms with Gasteiger partial charge in [0.15, 0.2) is 0 Å². The fourth-order valence-electron chi connectivity index (χ4n) is 3.35. The van der Waals surface area contributed by atoms with E-state index in [2.05, 4.69) is 43.8 Å². The summed E-state index contributed by atoms with van der Waals surface area (Å²) in [5.74, 6) is 1.10. The average molecular weight is 335 g/mol. The molecule has 0 atom stereocenters. The van der Waals surface area contributed by atoms with Gasteiger partial charge in [-0.15, -0.1) is 0 Å². The maximum absolute atomic E-state index is 12.5. The van der Waals surface area contributed by atoms with Crippen LogP contribution in [0.3, 0.4) is 0 Å². The quantitative estimate of drug-likeness (QED) is 0.733. The Kier molecular flexibility index (Phi) is 4.33. The summed E-state index contributed by atoms with van der Waals surface area (Å²) in [6, 6.07) is 10.4. The third kappa shape index (κ3) is 3.33. The molecule has 0 spiro atoms. The number of fused-ring (bicyclic) bond motifs is 1. The van der Waals surface area contributed by atoms with Gasteiger partial charge in [0.2, 0.25) is 5.91 Å². The van der Waals surface area contributed by atoms with Crippen molar-refractivity contribution >= 4 is 22.6 Å². The maximum atomic E-state index is 12.5. The highest BCUT2D eigenvalue weighted by atomic mass is 16.2. The monoisotopic (exact) mass is 335 g/mol. The van der Waals surface area contributed by atoms with Crippen molar-refractivity contribution in [2.75, 3.05) is 31.1 Å². The number of hydrogen-bond acceptors (Lipinski definition) is 4. The Morgan fingerprint density at radius 1 is 1.04 bits per heavy atom. The minimum Gasteiger partial charge on any atom is -0.352 e. The number of aromatic nitrogens is 3. The molecule has 6 heteroatoms. The number of nitrogens with zero attached hydrogens (tertiary/aromatic N) is 5. The molecule has 1 saturated heterocycles. The zero-order valence-electron chi connectivity index (χ0n) is 14.1. The van der Waals surface area contributed by atoms with Crippen molar-refractivity contribution in [3.63, 3.8) is 0 Å². The van der Waals surface area contributed by atoms with E-state index in [0.29, 0.717) is 6.42 Å². The lowest BCUT2D eigenvalue weighted by Crippen LogP contribution is -2.49. The molecule has 1 aromatic carbocycles. The number of anilines is 1. The van der Waals surface area contributed by atoms with Crippen molar-refractivity contribution < 1.29 is 4.79 Å². The Bertz CT molecular complexity index is 852. The summed E-state index contributed by atoms with van der Waals surface area (Å²) in [5.41, 5.74) is 1.18. The minimum absolute atomic E-state index is 0.219. The van der Waals surface area contributed by atoms with Crippen LogP contribution in [0.1, 0.15) is 6.42 Å². The lowest BCUT2D eigenvalue weighted by Gasteiger charge is -2.35. The van der Waals surface area contributed by atoms with Crippen molar-refractivity contribution in [1.29, 1.82) is 0 Å². The van der Waals surface area contributed by atoms with Crippen molar-refractivity contribution in [3.05, 3.63) is 55.1 Å². The number of hydrogen-bond donors (Lipinski definition) is 0. The summed E-state index contributed by atoms with van der Waals surface area (Å²) in [4.78, 5) is 25.1. The Balaban J connectivity index is 1.32. The van der Waals surface area contributed by atoms with Crippen LogP contribution in [0.5, 0.6) is 0 Å². The van der Waals surface area contributed by atoms with Gasteiger partial charge in [0.25, 0.3) is 0 Å². The molecule has 0 aliphatic carbocycles. The standard InChI is InChI=1S/C19H21N5O/c25-19(6-10-22-9-5-16-3-1-2-4-17(16)22)24-13-11-23(12-14-24)18-15-20-7-8-21-18/h1-5,7-9,15H,6,10-14H2. The van der Waals surface area contributed by atoms with Crippen molar-refractivity contribution in [3.8, 4) is 0 Å². The first-order valence-electron chi connectivity index (χ1n) is 8.64. The molecule has 0 radical (unpaired) electrons. The first-order chi connectivity index (χ1) is 12.3. The number of para-hydroxylation sites is 1. The van der Waals surface area contributed by atoms with E-state index in [-0.39, 0.29) is 5.91 Å². The molecule has 2 aromatic heterocycles. The second-order valence-corrected chi connectivity index (χ2v) is 6.25. The molecule has 3 aromatic rings. The van der Waals surface area contributed by atoms with Crippen LogP contribution in [0.4, 0.5) is 5.82 Å². The second kappa shape index (κ2) is 6.93. The predicted molar refractivity (Wildman–Crippen MR) is 97.4 cm³/mol. The van der Waals surface area contributed by atoms with Gasteiger partial charge in [0.1, 0.15) is 5.82 Å². The van der Waals surface area contributed by atoms with Crippen LogP contribution in [0.25, 0.3) is 10.9 Å². The summed E-state index contributed by atoms with van der Waals surface area (Å²) < 4.78 is 2.16. The van der Waals surface area contributed by atoms with Crippen molar-refractivity contribution in [1.82, 2.24) is 19.4 Å². The summed E-state index contributed by atoms with van der Waals surface area (Å²) in [6.45, 7) is 3.80. The van der Waals surface area contributed by atoms with E-state index >= 15 is 0 Å². The Morgan fingerprint density at radius 2 is 1.88 bits per heavy atom. The molecule has 3 heterocycles. The van der Waals surface area contributed by atoms with Gasteiger partial charge < -0.3 is 14.4 Å². The normalized spacial score (nSPS) is 14.9. The molecule has 25 heavy (non-hydrogen) atoms. The van der Waals surface area contributed by atoms with Crippen molar-refractivity contribution in [2.24, 2.45) is 0 Å². The highest BCUT2D eigenvalue weighted by molar-refractivity contribution is 5.80. The van der Waals surface area contributed by atoms with Gasteiger partial charge in [-0.3, -0.25) is 9.78 Å². The highest BCUT2D eigenvalue weighted by Gasteiger charge is 2.21. The molecular formula is C19H21N5O. The Labute approximate surface area is 146 Å². The number of benzene rings is 1. The molecule has 1 amide bonds. The molecule has 1 aliphatic heterocycles. The van der Waals surface area contributed by atoms with E-state index in [9.17, 15) is 4.79 Å². The Morgan fingerprint density at radius 3 is 2.68 bits per heavy atom. The molecular weight excluding hydrogens is 314 g/mol. The van der Waals surface area contributed by atoms with E-state index in [0.717, 1.165) is 38.5 Å². The highest BCUT2D eigenvalue weighted by Crippen LogP contribution is 2.16. The smallest absolute Gasteiger partial charge is 0.224 e. The SMILES string of the molecule is O=C(CCn1ccc2ccccc21)N1CCN(c2cnccn2)CC1. The topological polar surface area (TPSA) is 54.3 Å². The number of rotatable bonds is 4. The molecule has 1 fully saturated rings. The first kappa shape index (κ1) is 15.6.